The van der Waals surface area contributed by atoms with Crippen LogP contribution in [0.15, 0.2) is 27.3 Å². The van der Waals surface area contributed by atoms with Gasteiger partial charge < -0.3 is 35.2 Å². The molecule has 0 bridgehead atoms. The molecule has 0 aromatic heterocycles. The lowest BCUT2D eigenvalue weighted by molar-refractivity contribution is -0.137. The number of allylic oxidation sites excluding steroid dienone is 1. The molecule has 0 saturated heterocycles. The Kier molecular flexibility index (Phi) is 10.6. The van der Waals surface area contributed by atoms with E-state index in [0.717, 1.165) is 30.4 Å². The van der Waals surface area contributed by atoms with Gasteiger partial charge in [-0.15, -0.1) is 0 Å². The van der Waals surface area contributed by atoms with Gasteiger partial charge in [-0.25, -0.2) is 0 Å². The molecule has 5 N–H and O–H groups in total. The summed E-state index contributed by atoms with van der Waals surface area (Å²) in [7, 11) is 1.47. The molecule has 0 aliphatic heterocycles. The first kappa shape index (κ1) is 35.8. The maximum atomic E-state index is 14.5. The van der Waals surface area contributed by atoms with Crippen LogP contribution in [0.2, 0.25) is 0 Å². The topological polar surface area (TPSA) is 180 Å². The number of methoxy groups -OCH3 is 1. The number of ether oxygens (including phenoxy) is 2. The van der Waals surface area contributed by atoms with Crippen LogP contribution >= 0.6 is 0 Å². The summed E-state index contributed by atoms with van der Waals surface area (Å²) in [5.74, 6) is -0.790. The largest absolute Gasteiger partial charge is 0.507 e. The molecule has 0 spiro atoms. The van der Waals surface area contributed by atoms with Gasteiger partial charge in [0, 0.05) is 40.6 Å². The Morgan fingerprint density at radius 1 is 0.863 bits per heavy atom. The lowest BCUT2D eigenvalue weighted by Crippen LogP contribution is -2.15. The number of carbonyl (C=O) groups is 2. The number of aromatic hydroxyl groups is 1. The van der Waals surface area contributed by atoms with Gasteiger partial charge >= 0.3 is 5.97 Å². The summed E-state index contributed by atoms with van der Waals surface area (Å²) >= 11 is 0. The fourth-order valence-electron chi connectivity index (χ4n) is 8.06. The minimum atomic E-state index is -0.839. The number of aliphatic hydroxyl groups excluding tert-OH is 2. The minimum absolute atomic E-state index is 0.0901. The van der Waals surface area contributed by atoms with Crippen molar-refractivity contribution in [2.75, 3.05) is 25.6 Å². The molecule has 0 atom stereocenters. The van der Waals surface area contributed by atoms with Crippen LogP contribution in [0.25, 0.3) is 49.2 Å². The fourth-order valence-corrected chi connectivity index (χ4v) is 8.06. The molecule has 0 saturated carbocycles. The Morgan fingerprint density at radius 2 is 1.55 bits per heavy atom. The van der Waals surface area contributed by atoms with Crippen molar-refractivity contribution in [3.8, 4) is 11.5 Å². The highest BCUT2D eigenvalue weighted by atomic mass is 16.5. The van der Waals surface area contributed by atoms with Crippen LogP contribution in [0.3, 0.4) is 0 Å². The van der Waals surface area contributed by atoms with Crippen molar-refractivity contribution in [3.05, 3.63) is 66.0 Å². The second-order valence-corrected chi connectivity index (χ2v) is 13.4. The van der Waals surface area contributed by atoms with Crippen LogP contribution in [0.4, 0.5) is 5.69 Å². The third kappa shape index (κ3) is 6.29. The molecule has 0 amide bonds. The number of benzene rings is 5. The number of rotatable bonds is 18. The number of phenolic OH excluding ortho intramolecular Hbond substituents is 1. The molecule has 11 nitrogen and oxygen atoms in total. The van der Waals surface area contributed by atoms with E-state index >= 15 is 0 Å². The van der Waals surface area contributed by atoms with Gasteiger partial charge in [-0.2, -0.15) is 0 Å². The number of fused-ring (bicyclic) bond motifs is 1. The first-order valence-corrected chi connectivity index (χ1v) is 17.5. The summed E-state index contributed by atoms with van der Waals surface area (Å²) in [6.07, 6.45) is 7.72. The van der Waals surface area contributed by atoms with Crippen LogP contribution in [0.1, 0.15) is 86.1 Å². The van der Waals surface area contributed by atoms with E-state index < -0.39 is 24.6 Å². The molecule has 1 aliphatic rings. The Labute approximate surface area is 293 Å². The van der Waals surface area contributed by atoms with Gasteiger partial charge in [-0.1, -0.05) is 24.5 Å². The minimum Gasteiger partial charge on any atom is -0.507 e. The molecule has 6 rings (SSSR count). The molecule has 5 aromatic carbocycles. The number of carboxylic acid groups (broad SMARTS) is 1. The highest BCUT2D eigenvalue weighted by Gasteiger charge is 2.32. The van der Waals surface area contributed by atoms with Crippen molar-refractivity contribution in [2.45, 2.75) is 84.3 Å². The van der Waals surface area contributed by atoms with Crippen LogP contribution < -0.4 is 20.9 Å². The van der Waals surface area contributed by atoms with E-state index in [-0.39, 0.29) is 28.7 Å². The molecule has 0 unspecified atom stereocenters. The van der Waals surface area contributed by atoms with Gasteiger partial charge in [-0.05, 0) is 102 Å². The van der Waals surface area contributed by atoms with Crippen LogP contribution in [0.5, 0.6) is 11.5 Å². The van der Waals surface area contributed by atoms with Gasteiger partial charge in [0.15, 0.2) is 11.2 Å². The van der Waals surface area contributed by atoms with Crippen molar-refractivity contribution in [1.29, 1.82) is 0 Å². The van der Waals surface area contributed by atoms with Crippen LogP contribution in [-0.2, 0) is 40.4 Å². The monoisotopic (exact) mass is 697 g/mol. The van der Waals surface area contributed by atoms with E-state index in [2.05, 4.69) is 5.32 Å². The van der Waals surface area contributed by atoms with Crippen molar-refractivity contribution in [1.82, 2.24) is 0 Å². The quantitative estimate of drug-likeness (QED) is 0.0319. The van der Waals surface area contributed by atoms with Gasteiger partial charge in [0.25, 0.3) is 6.47 Å². The normalized spacial score (nSPS) is 12.7. The second-order valence-electron chi connectivity index (χ2n) is 13.4. The van der Waals surface area contributed by atoms with Crippen molar-refractivity contribution in [2.24, 2.45) is 0 Å². The zero-order valence-electron chi connectivity index (χ0n) is 28.9. The summed E-state index contributed by atoms with van der Waals surface area (Å²) in [5.41, 5.74) is 3.48. The maximum Gasteiger partial charge on any atom is 0.303 e. The van der Waals surface area contributed by atoms with Crippen LogP contribution in [-0.4, -0.2) is 53.1 Å². The van der Waals surface area contributed by atoms with Gasteiger partial charge in [0.1, 0.15) is 5.75 Å². The summed E-state index contributed by atoms with van der Waals surface area (Å²) < 4.78 is 10.7. The molecule has 0 fully saturated rings. The Morgan fingerprint density at radius 3 is 2.24 bits per heavy atom. The summed E-state index contributed by atoms with van der Waals surface area (Å²) in [6.45, 7) is 2.33. The zero-order chi connectivity index (χ0) is 36.4. The molecule has 11 heteroatoms. The Balaban J connectivity index is 1.69. The van der Waals surface area contributed by atoms with Gasteiger partial charge in [0.05, 0.1) is 37.7 Å². The second kappa shape index (κ2) is 15.1. The van der Waals surface area contributed by atoms with Gasteiger partial charge in [-0.3, -0.25) is 19.2 Å². The highest BCUT2D eigenvalue weighted by molar-refractivity contribution is 6.38. The predicted molar refractivity (Wildman–Crippen MR) is 198 cm³/mol. The van der Waals surface area contributed by atoms with Gasteiger partial charge in [0.2, 0.25) is 5.43 Å². The van der Waals surface area contributed by atoms with Crippen molar-refractivity contribution < 1.29 is 39.5 Å². The number of anilines is 1. The zero-order valence-corrected chi connectivity index (χ0v) is 28.9. The summed E-state index contributed by atoms with van der Waals surface area (Å²) in [6, 6.07) is 3.07. The number of hydrogen-bond acceptors (Lipinski definition) is 10. The molecule has 51 heavy (non-hydrogen) atoms. The molecular weight excluding hydrogens is 654 g/mol. The predicted octanol–water partition coefficient (Wildman–Crippen LogP) is 5.89. The molecule has 268 valence electrons. The SMILES string of the molecule is COc1c2c3c4c(c(CCCCCCC(=O)O)c(O)c5c(=O)cc(CO)c(c6c(CO)cc(NCCCCCOC=O)c(c1=O)c63)c54)C=C(C)C2. The average Bonchev–Trinajstić information content (AvgIpc) is 3.26. The molecule has 0 radical (unpaired) electrons. The highest BCUT2D eigenvalue weighted by Crippen LogP contribution is 2.52. The lowest BCUT2D eigenvalue weighted by atomic mass is 9.80. The lowest BCUT2D eigenvalue weighted by Gasteiger charge is -2.25. The molecule has 1 aliphatic carbocycles. The summed E-state index contributed by atoms with van der Waals surface area (Å²) in [4.78, 5) is 49.9. The fraction of sp³-hybridized carbons (Fsp3) is 0.400. The third-order valence-corrected chi connectivity index (χ3v) is 10.2. The third-order valence-electron chi connectivity index (χ3n) is 10.2. The number of aliphatic carboxylic acids is 1. The number of phenols is 1. The van der Waals surface area contributed by atoms with E-state index in [9.17, 15) is 34.5 Å². The molecular formula is C40H43NO10. The number of carboxylic acids is 1. The first-order valence-electron chi connectivity index (χ1n) is 17.5. The van der Waals surface area contributed by atoms with E-state index in [1.807, 2.05) is 13.0 Å². The van der Waals surface area contributed by atoms with Crippen molar-refractivity contribution >= 4 is 67.3 Å². The van der Waals surface area contributed by atoms with Crippen molar-refractivity contribution in [3.63, 3.8) is 0 Å². The molecule has 0 heterocycles. The standard InChI is InChI=1S/C40H43NO10/c1-21-14-25-24(10-6-3-4-7-11-29(46)47)38(48)35-28(45)17-23(19-43)31-30-22(18-42)16-27(41-12-8-5-9-13-51-20-44)34-36(30)33(32(25)37(31)35)26(15-21)40(50-2)39(34)49/h14,16-17,20,41-43,48H,3-13,15,18-19H2,1-2H3,(H,46,47). The van der Waals surface area contributed by atoms with E-state index in [4.69, 9.17) is 14.6 Å². The summed E-state index contributed by atoms with van der Waals surface area (Å²) in [5, 5.41) is 50.0. The maximum absolute atomic E-state index is 14.5. The Bertz CT molecular complexity index is 2290. The van der Waals surface area contributed by atoms with Crippen LogP contribution in [0, 0.1) is 0 Å². The number of carbonyl (C=O) groups excluding carboxylic acids is 1. The number of unbranched alkanes of at least 4 members (excludes halogenated alkanes) is 5. The number of hydrogen-bond donors (Lipinski definition) is 5. The van der Waals surface area contributed by atoms with E-state index in [1.165, 1.54) is 13.2 Å². The first-order chi connectivity index (χ1) is 24.7. The average molecular weight is 698 g/mol. The number of aliphatic hydroxyl groups is 2. The number of nitrogens with one attached hydrogen (secondary N) is 1. The van der Waals surface area contributed by atoms with E-state index in [1.54, 1.807) is 6.07 Å². The Hall–Kier alpha value is -5.00. The van der Waals surface area contributed by atoms with E-state index in [0.29, 0.717) is 124 Å². The molecule has 5 aromatic rings. The smallest absolute Gasteiger partial charge is 0.303 e.